The molecule has 0 saturated heterocycles. The van der Waals surface area contributed by atoms with Gasteiger partial charge in [0.25, 0.3) is 5.91 Å². The number of hydrogen-bond acceptors (Lipinski definition) is 10. The SMILES string of the molecule is CCOC(=O)c1ncn2c1CN=C(Cl)c1cc(OC)ccc1-2.CCOC(=O)c1ncn2c1CNC(=O)c1cc(OC)ccc1-2. The number of amides is 1. The number of carbonyl (C=O) groups excluding carboxylic acids is 3. The molecule has 6 rings (SSSR count). The van der Waals surface area contributed by atoms with Gasteiger partial charge in [-0.3, -0.25) is 18.9 Å². The van der Waals surface area contributed by atoms with E-state index in [0.29, 0.717) is 45.9 Å². The molecule has 0 radical (unpaired) electrons. The van der Waals surface area contributed by atoms with Gasteiger partial charge in [-0.2, -0.15) is 0 Å². The first kappa shape index (κ1) is 30.3. The lowest BCUT2D eigenvalue weighted by molar-refractivity contribution is 0.0509. The van der Waals surface area contributed by atoms with Crippen LogP contribution < -0.4 is 14.8 Å². The summed E-state index contributed by atoms with van der Waals surface area (Å²) in [4.78, 5) is 48.8. The summed E-state index contributed by atoms with van der Waals surface area (Å²) < 4.78 is 23.9. The number of halogens is 1. The quantitative estimate of drug-likeness (QED) is 0.317. The van der Waals surface area contributed by atoms with E-state index in [2.05, 4.69) is 20.3 Å². The number of carbonyl (C=O) groups is 3. The molecule has 0 saturated carbocycles. The van der Waals surface area contributed by atoms with E-state index >= 15 is 0 Å². The van der Waals surface area contributed by atoms with Gasteiger partial charge >= 0.3 is 11.9 Å². The van der Waals surface area contributed by atoms with Crippen LogP contribution in [0.1, 0.15) is 62.1 Å². The minimum atomic E-state index is -0.498. The van der Waals surface area contributed by atoms with Crippen molar-refractivity contribution in [1.82, 2.24) is 24.4 Å². The second-order valence-electron chi connectivity index (χ2n) is 9.32. The number of esters is 2. The third kappa shape index (κ3) is 5.73. The Morgan fingerprint density at radius 1 is 0.841 bits per heavy atom. The van der Waals surface area contributed by atoms with Crippen molar-refractivity contribution in [3.05, 3.63) is 83.0 Å². The van der Waals surface area contributed by atoms with Gasteiger partial charge in [-0.25, -0.2) is 19.6 Å². The first-order chi connectivity index (χ1) is 21.3. The van der Waals surface area contributed by atoms with Crippen LogP contribution in [0.3, 0.4) is 0 Å². The van der Waals surface area contributed by atoms with Crippen molar-refractivity contribution < 1.29 is 33.3 Å². The van der Waals surface area contributed by atoms with Gasteiger partial charge in [-0.15, -0.1) is 0 Å². The summed E-state index contributed by atoms with van der Waals surface area (Å²) in [5.74, 6) is 0.0822. The number of imidazole rings is 2. The largest absolute Gasteiger partial charge is 0.497 e. The van der Waals surface area contributed by atoms with Gasteiger partial charge < -0.3 is 24.3 Å². The highest BCUT2D eigenvalue weighted by atomic mass is 35.5. The van der Waals surface area contributed by atoms with Crippen LogP contribution >= 0.6 is 11.6 Å². The Labute approximate surface area is 257 Å². The molecular formula is C30H29ClN6O7. The molecule has 4 aromatic rings. The van der Waals surface area contributed by atoms with Crippen LogP contribution in [0.25, 0.3) is 11.4 Å². The van der Waals surface area contributed by atoms with Crippen molar-refractivity contribution in [2.24, 2.45) is 4.99 Å². The maximum atomic E-state index is 12.2. The van der Waals surface area contributed by atoms with Crippen molar-refractivity contribution in [3.8, 4) is 22.9 Å². The van der Waals surface area contributed by atoms with Crippen molar-refractivity contribution in [2.45, 2.75) is 26.9 Å². The predicted molar refractivity (Wildman–Crippen MR) is 159 cm³/mol. The summed E-state index contributed by atoms with van der Waals surface area (Å²) in [6.45, 7) is 4.50. The fourth-order valence-corrected chi connectivity index (χ4v) is 4.97. The maximum Gasteiger partial charge on any atom is 0.358 e. The normalized spacial score (nSPS) is 12.8. The smallest absolute Gasteiger partial charge is 0.358 e. The molecule has 13 nitrogen and oxygen atoms in total. The Morgan fingerprint density at radius 3 is 1.93 bits per heavy atom. The number of rotatable bonds is 6. The Kier molecular flexibility index (Phi) is 8.95. The summed E-state index contributed by atoms with van der Waals surface area (Å²) in [5.41, 5.74) is 4.36. The fraction of sp³-hybridized carbons (Fsp3) is 0.267. The first-order valence-electron chi connectivity index (χ1n) is 13.6. The zero-order valence-electron chi connectivity index (χ0n) is 24.4. The molecule has 228 valence electrons. The number of aliphatic imine (C=N–C) groups is 1. The van der Waals surface area contributed by atoms with Gasteiger partial charge in [0.2, 0.25) is 0 Å². The number of aromatic nitrogens is 4. The van der Waals surface area contributed by atoms with Gasteiger partial charge in [-0.05, 0) is 50.2 Å². The third-order valence-electron chi connectivity index (χ3n) is 6.85. The highest BCUT2D eigenvalue weighted by Crippen LogP contribution is 2.29. The minimum absolute atomic E-state index is 0.198. The lowest BCUT2D eigenvalue weighted by Crippen LogP contribution is -2.22. The first-order valence-corrected chi connectivity index (χ1v) is 14.0. The Hall–Kier alpha value is -5.17. The average Bonchev–Trinajstić information content (AvgIpc) is 3.60. The molecule has 0 fully saturated rings. The zero-order valence-corrected chi connectivity index (χ0v) is 25.2. The standard InChI is InChI=1S/C15H14ClN3O3.C15H15N3O4/c1-3-22-15(20)13-12-7-17-14(16)10-6-9(21-2)4-5-11(10)19(12)8-18-13;1-3-22-15(20)13-12-7-16-14(19)10-6-9(21-2)4-5-11(10)18(12)8-17-13/h4-6,8H,3,7H2,1-2H3;4-6,8H,3,7H2,1-2H3,(H,16,19). The number of benzene rings is 2. The molecule has 14 heteroatoms. The van der Waals surface area contributed by atoms with Crippen LogP contribution in [-0.4, -0.2) is 69.6 Å². The molecule has 0 unspecified atom stereocenters. The molecule has 4 heterocycles. The third-order valence-corrected chi connectivity index (χ3v) is 7.17. The summed E-state index contributed by atoms with van der Waals surface area (Å²) in [6, 6.07) is 10.7. The van der Waals surface area contributed by atoms with Crippen LogP contribution in [0.5, 0.6) is 11.5 Å². The molecule has 1 N–H and O–H groups in total. The molecule has 2 aromatic carbocycles. The molecular weight excluding hydrogens is 592 g/mol. The second-order valence-corrected chi connectivity index (χ2v) is 9.67. The van der Waals surface area contributed by atoms with Crippen molar-refractivity contribution in [2.75, 3.05) is 27.4 Å². The Balaban J connectivity index is 0.000000175. The van der Waals surface area contributed by atoms with Gasteiger partial charge in [0.05, 0.1) is 68.8 Å². The number of fused-ring (bicyclic) bond motifs is 6. The molecule has 0 bridgehead atoms. The topological polar surface area (TPSA) is 148 Å². The summed E-state index contributed by atoms with van der Waals surface area (Å²) in [5, 5.41) is 3.14. The van der Waals surface area contributed by atoms with Gasteiger partial charge in [0, 0.05) is 5.56 Å². The van der Waals surface area contributed by atoms with Crippen LogP contribution in [0.4, 0.5) is 0 Å². The number of hydrogen-bond donors (Lipinski definition) is 1. The summed E-state index contributed by atoms with van der Waals surface area (Å²) >= 11 is 6.27. The zero-order chi connectivity index (χ0) is 31.4. The van der Waals surface area contributed by atoms with E-state index in [0.717, 1.165) is 11.3 Å². The van der Waals surface area contributed by atoms with Gasteiger partial charge in [-0.1, -0.05) is 11.6 Å². The van der Waals surface area contributed by atoms with Crippen LogP contribution in [0.15, 0.2) is 54.0 Å². The van der Waals surface area contributed by atoms with Crippen molar-refractivity contribution in [3.63, 3.8) is 0 Å². The lowest BCUT2D eigenvalue weighted by Gasteiger charge is -2.10. The van der Waals surface area contributed by atoms with Gasteiger partial charge in [0.15, 0.2) is 11.4 Å². The molecule has 2 aromatic heterocycles. The lowest BCUT2D eigenvalue weighted by atomic mass is 10.1. The number of ether oxygens (including phenoxy) is 4. The van der Waals surface area contributed by atoms with E-state index in [1.165, 1.54) is 13.4 Å². The van der Waals surface area contributed by atoms with Crippen LogP contribution in [-0.2, 0) is 22.6 Å². The molecule has 1 amide bonds. The highest BCUT2D eigenvalue weighted by Gasteiger charge is 2.27. The van der Waals surface area contributed by atoms with Crippen LogP contribution in [0, 0.1) is 0 Å². The maximum absolute atomic E-state index is 12.2. The van der Waals surface area contributed by atoms with E-state index in [1.807, 2.05) is 12.1 Å². The number of methoxy groups -OCH3 is 2. The predicted octanol–water partition coefficient (Wildman–Crippen LogP) is 3.86. The minimum Gasteiger partial charge on any atom is -0.497 e. The molecule has 2 aliphatic heterocycles. The van der Waals surface area contributed by atoms with E-state index < -0.39 is 11.9 Å². The fourth-order valence-electron chi connectivity index (χ4n) is 4.76. The van der Waals surface area contributed by atoms with Crippen LogP contribution in [0.2, 0.25) is 0 Å². The van der Waals surface area contributed by atoms with E-state index in [-0.39, 0.29) is 37.0 Å². The Bertz CT molecular complexity index is 1770. The second kappa shape index (κ2) is 13.0. The summed E-state index contributed by atoms with van der Waals surface area (Å²) in [7, 11) is 3.13. The number of nitrogens with one attached hydrogen (secondary N) is 1. The van der Waals surface area contributed by atoms with E-state index in [1.54, 1.807) is 60.7 Å². The number of nitrogens with zero attached hydrogens (tertiary/aromatic N) is 5. The molecule has 0 aliphatic carbocycles. The van der Waals surface area contributed by atoms with Gasteiger partial charge in [0.1, 0.15) is 29.3 Å². The highest BCUT2D eigenvalue weighted by molar-refractivity contribution is 6.70. The van der Waals surface area contributed by atoms with Crippen molar-refractivity contribution >= 4 is 34.6 Å². The molecule has 2 aliphatic rings. The van der Waals surface area contributed by atoms with Crippen molar-refractivity contribution in [1.29, 1.82) is 0 Å². The Morgan fingerprint density at radius 2 is 1.36 bits per heavy atom. The molecule has 0 spiro atoms. The van der Waals surface area contributed by atoms with E-state index in [4.69, 9.17) is 30.5 Å². The monoisotopic (exact) mass is 620 g/mol. The molecule has 0 atom stereocenters. The summed E-state index contributed by atoms with van der Waals surface area (Å²) in [6.07, 6.45) is 3.10. The van der Waals surface area contributed by atoms with E-state index in [9.17, 15) is 14.4 Å². The molecule has 44 heavy (non-hydrogen) atoms. The average molecular weight is 621 g/mol.